The molecule has 0 fully saturated rings. The van der Waals surface area contributed by atoms with Gasteiger partial charge in [0.15, 0.2) is 0 Å². The Kier molecular flexibility index (Phi) is 4.44. The molecule has 5 nitrogen and oxygen atoms in total. The molecular weight excluding hydrogens is 321 g/mol. The van der Waals surface area contributed by atoms with Crippen LogP contribution in [0.4, 0.5) is 4.39 Å². The van der Waals surface area contributed by atoms with Gasteiger partial charge in [0.25, 0.3) is 5.91 Å². The van der Waals surface area contributed by atoms with E-state index in [4.69, 9.17) is 4.42 Å². The van der Waals surface area contributed by atoms with Crippen molar-refractivity contribution >= 4 is 5.91 Å². The van der Waals surface area contributed by atoms with Gasteiger partial charge in [-0.1, -0.05) is 0 Å². The average molecular weight is 341 g/mol. The van der Waals surface area contributed by atoms with Gasteiger partial charge in [-0.2, -0.15) is 5.10 Å². The van der Waals surface area contributed by atoms with Crippen molar-refractivity contribution in [2.24, 2.45) is 0 Å². The summed E-state index contributed by atoms with van der Waals surface area (Å²) in [6.07, 6.45) is 0. The Bertz CT molecular complexity index is 909. The van der Waals surface area contributed by atoms with E-state index in [-0.39, 0.29) is 17.8 Å². The van der Waals surface area contributed by atoms with Crippen molar-refractivity contribution in [1.82, 2.24) is 15.1 Å². The zero-order valence-corrected chi connectivity index (χ0v) is 14.6. The summed E-state index contributed by atoms with van der Waals surface area (Å²) >= 11 is 0. The van der Waals surface area contributed by atoms with Gasteiger partial charge in [0.1, 0.15) is 17.3 Å². The normalized spacial score (nSPS) is 12.2. The number of rotatable bonds is 4. The fourth-order valence-corrected chi connectivity index (χ4v) is 2.83. The second-order valence-electron chi connectivity index (χ2n) is 6.08. The molecule has 2 aromatic heterocycles. The number of nitrogens with zero attached hydrogens (tertiary/aromatic N) is 2. The third-order valence-corrected chi connectivity index (χ3v) is 4.13. The number of hydrogen-bond acceptors (Lipinski definition) is 3. The summed E-state index contributed by atoms with van der Waals surface area (Å²) in [5.74, 6) is 0.968. The highest BCUT2D eigenvalue weighted by Crippen LogP contribution is 2.21. The molecule has 0 saturated carbocycles. The number of amides is 1. The molecule has 0 aliphatic rings. The Balaban J connectivity index is 1.87. The lowest BCUT2D eigenvalue weighted by molar-refractivity contribution is 0.0934. The van der Waals surface area contributed by atoms with Gasteiger partial charge in [-0.15, -0.1) is 0 Å². The van der Waals surface area contributed by atoms with Crippen molar-refractivity contribution in [3.8, 4) is 5.69 Å². The molecule has 1 unspecified atom stereocenters. The molecule has 0 bridgehead atoms. The Morgan fingerprint density at radius 3 is 2.44 bits per heavy atom. The molecule has 3 aromatic rings. The molecule has 2 heterocycles. The first-order valence-electron chi connectivity index (χ1n) is 8.06. The minimum absolute atomic E-state index is 0.218. The van der Waals surface area contributed by atoms with Crippen LogP contribution in [0.1, 0.15) is 46.2 Å². The number of carbonyl (C=O) groups excluding carboxylic acids is 1. The zero-order valence-electron chi connectivity index (χ0n) is 14.6. The molecule has 1 N–H and O–H groups in total. The fraction of sp³-hybridized carbons (Fsp3) is 0.263. The molecule has 130 valence electrons. The van der Waals surface area contributed by atoms with Crippen LogP contribution in [-0.4, -0.2) is 15.7 Å². The number of halogens is 1. The maximum atomic E-state index is 13.1. The van der Waals surface area contributed by atoms with E-state index in [2.05, 4.69) is 10.4 Å². The molecule has 3 rings (SSSR count). The third kappa shape index (κ3) is 3.33. The summed E-state index contributed by atoms with van der Waals surface area (Å²) in [5.41, 5.74) is 2.53. The molecule has 0 radical (unpaired) electrons. The quantitative estimate of drug-likeness (QED) is 0.780. The topological polar surface area (TPSA) is 60.1 Å². The fourth-order valence-electron chi connectivity index (χ4n) is 2.83. The van der Waals surface area contributed by atoms with Crippen LogP contribution in [0.25, 0.3) is 5.69 Å². The highest BCUT2D eigenvalue weighted by Gasteiger charge is 2.22. The Morgan fingerprint density at radius 2 is 1.84 bits per heavy atom. The van der Waals surface area contributed by atoms with Gasteiger partial charge < -0.3 is 9.73 Å². The van der Waals surface area contributed by atoms with E-state index in [1.54, 1.807) is 23.7 Å². The molecule has 6 heteroatoms. The standard InChI is InChI=1S/C19H20FN3O2/c1-11-5-10-17(25-11)12(2)21-19(24)18-13(3)22-23(14(18)4)16-8-6-15(20)7-9-16/h5-10,12H,1-4H3,(H,21,24). The molecule has 1 aromatic carbocycles. The van der Waals surface area contributed by atoms with E-state index >= 15 is 0 Å². The summed E-state index contributed by atoms with van der Waals surface area (Å²) in [6, 6.07) is 9.45. The number of furan rings is 1. The van der Waals surface area contributed by atoms with E-state index in [9.17, 15) is 9.18 Å². The average Bonchev–Trinajstić information content (AvgIpc) is 3.12. The van der Waals surface area contributed by atoms with Gasteiger partial charge in [0.2, 0.25) is 0 Å². The van der Waals surface area contributed by atoms with E-state index in [0.29, 0.717) is 28.4 Å². The van der Waals surface area contributed by atoms with Crippen LogP contribution in [-0.2, 0) is 0 Å². The molecule has 0 spiro atoms. The van der Waals surface area contributed by atoms with E-state index in [1.807, 2.05) is 32.9 Å². The van der Waals surface area contributed by atoms with Crippen molar-refractivity contribution in [3.05, 3.63) is 70.7 Å². The highest BCUT2D eigenvalue weighted by molar-refractivity contribution is 5.96. The lowest BCUT2D eigenvalue weighted by Crippen LogP contribution is -2.27. The van der Waals surface area contributed by atoms with Crippen molar-refractivity contribution in [3.63, 3.8) is 0 Å². The van der Waals surface area contributed by atoms with Crippen LogP contribution >= 0.6 is 0 Å². The van der Waals surface area contributed by atoms with Gasteiger partial charge in [0, 0.05) is 0 Å². The minimum atomic E-state index is -0.314. The van der Waals surface area contributed by atoms with E-state index in [1.165, 1.54) is 12.1 Å². The number of benzene rings is 1. The molecule has 0 aliphatic heterocycles. The molecular formula is C19H20FN3O2. The summed E-state index contributed by atoms with van der Waals surface area (Å²) in [7, 11) is 0. The smallest absolute Gasteiger partial charge is 0.255 e. The van der Waals surface area contributed by atoms with Crippen LogP contribution in [0.5, 0.6) is 0 Å². The van der Waals surface area contributed by atoms with E-state index in [0.717, 1.165) is 5.76 Å². The highest BCUT2D eigenvalue weighted by atomic mass is 19.1. The number of aromatic nitrogens is 2. The number of aryl methyl sites for hydroxylation is 2. The Hall–Kier alpha value is -2.89. The first-order valence-corrected chi connectivity index (χ1v) is 8.06. The van der Waals surface area contributed by atoms with Crippen molar-refractivity contribution in [2.75, 3.05) is 0 Å². The SMILES string of the molecule is Cc1ccc(C(C)NC(=O)c2c(C)nn(-c3ccc(F)cc3)c2C)o1. The molecule has 0 aliphatic carbocycles. The van der Waals surface area contributed by atoms with Crippen LogP contribution in [0.2, 0.25) is 0 Å². The van der Waals surface area contributed by atoms with Crippen molar-refractivity contribution in [1.29, 1.82) is 0 Å². The molecule has 1 atom stereocenters. The van der Waals surface area contributed by atoms with Crippen LogP contribution in [0, 0.1) is 26.6 Å². The van der Waals surface area contributed by atoms with Gasteiger partial charge in [-0.05, 0) is 64.1 Å². The minimum Gasteiger partial charge on any atom is -0.464 e. The second kappa shape index (κ2) is 6.55. The molecule has 0 saturated heterocycles. The van der Waals surface area contributed by atoms with Crippen LogP contribution in [0.15, 0.2) is 40.8 Å². The Morgan fingerprint density at radius 1 is 1.16 bits per heavy atom. The van der Waals surface area contributed by atoms with E-state index < -0.39 is 0 Å². The number of nitrogens with one attached hydrogen (secondary N) is 1. The predicted molar refractivity (Wildman–Crippen MR) is 92.3 cm³/mol. The van der Waals surface area contributed by atoms with Gasteiger partial charge >= 0.3 is 0 Å². The lowest BCUT2D eigenvalue weighted by Gasteiger charge is -2.12. The maximum Gasteiger partial charge on any atom is 0.255 e. The summed E-state index contributed by atoms with van der Waals surface area (Å²) in [4.78, 5) is 12.7. The Labute approximate surface area is 145 Å². The zero-order chi connectivity index (χ0) is 18.1. The summed E-state index contributed by atoms with van der Waals surface area (Å²) in [5, 5.41) is 7.36. The lowest BCUT2D eigenvalue weighted by atomic mass is 10.1. The predicted octanol–water partition coefficient (Wildman–Crippen LogP) is 4.02. The van der Waals surface area contributed by atoms with Gasteiger partial charge in [-0.25, -0.2) is 9.07 Å². The first kappa shape index (κ1) is 17.0. The van der Waals surface area contributed by atoms with Crippen molar-refractivity contribution in [2.45, 2.75) is 33.7 Å². The monoisotopic (exact) mass is 341 g/mol. The van der Waals surface area contributed by atoms with Crippen LogP contribution < -0.4 is 5.32 Å². The number of hydrogen-bond donors (Lipinski definition) is 1. The second-order valence-corrected chi connectivity index (χ2v) is 6.08. The molecule has 25 heavy (non-hydrogen) atoms. The maximum absolute atomic E-state index is 13.1. The molecule has 1 amide bonds. The summed E-state index contributed by atoms with van der Waals surface area (Å²) in [6.45, 7) is 7.33. The number of carbonyl (C=O) groups is 1. The van der Waals surface area contributed by atoms with Crippen molar-refractivity contribution < 1.29 is 13.6 Å². The van der Waals surface area contributed by atoms with Crippen LogP contribution in [0.3, 0.4) is 0 Å². The summed E-state index contributed by atoms with van der Waals surface area (Å²) < 4.78 is 20.3. The van der Waals surface area contributed by atoms with Gasteiger partial charge in [-0.3, -0.25) is 4.79 Å². The third-order valence-electron chi connectivity index (χ3n) is 4.13. The van der Waals surface area contributed by atoms with Gasteiger partial charge in [0.05, 0.1) is 28.7 Å². The first-order chi connectivity index (χ1) is 11.9. The largest absolute Gasteiger partial charge is 0.464 e.